The first-order valence-corrected chi connectivity index (χ1v) is 5.82. The summed E-state index contributed by atoms with van der Waals surface area (Å²) in [6, 6.07) is 7.79. The van der Waals surface area contributed by atoms with Crippen LogP contribution in [-0.4, -0.2) is 44.5 Å². The Morgan fingerprint density at radius 2 is 2.06 bits per heavy atom. The summed E-state index contributed by atoms with van der Waals surface area (Å²) in [5.74, 6) is 0.0258. The summed E-state index contributed by atoms with van der Waals surface area (Å²) in [7, 11) is 3.84. The number of hydrogen-bond donors (Lipinski definition) is 2. The van der Waals surface area contributed by atoms with Crippen LogP contribution in [0.1, 0.15) is 5.56 Å². The molecule has 0 heterocycles. The number of carbonyl (C=O) groups is 1. The summed E-state index contributed by atoms with van der Waals surface area (Å²) in [5, 5.41) is 5.97. The van der Waals surface area contributed by atoms with Crippen LogP contribution in [0.15, 0.2) is 24.3 Å². The van der Waals surface area contributed by atoms with Gasteiger partial charge >= 0.3 is 0 Å². The second-order valence-electron chi connectivity index (χ2n) is 4.20. The van der Waals surface area contributed by atoms with Crippen molar-refractivity contribution < 1.29 is 4.79 Å². The standard InChI is InChI=1S/C13H21N3O/c1-11-6-4-5-7-12(11)15-13(17)10-16(3)9-8-14-2/h4-7,14H,8-10H2,1-3H3,(H,15,17). The Hall–Kier alpha value is -1.39. The van der Waals surface area contributed by atoms with Crippen LogP contribution in [0, 0.1) is 6.92 Å². The molecule has 1 amide bonds. The number of aryl methyl sites for hydroxylation is 1. The van der Waals surface area contributed by atoms with E-state index in [2.05, 4.69) is 10.6 Å². The molecule has 4 heteroatoms. The normalized spacial score (nSPS) is 10.6. The molecule has 1 aromatic carbocycles. The number of para-hydroxylation sites is 1. The zero-order valence-electron chi connectivity index (χ0n) is 10.8. The van der Waals surface area contributed by atoms with Gasteiger partial charge in [-0.2, -0.15) is 0 Å². The zero-order valence-corrected chi connectivity index (χ0v) is 10.8. The summed E-state index contributed by atoms with van der Waals surface area (Å²) >= 11 is 0. The summed E-state index contributed by atoms with van der Waals surface area (Å²) in [6.07, 6.45) is 0. The molecular weight excluding hydrogens is 214 g/mol. The predicted molar refractivity (Wildman–Crippen MR) is 71.2 cm³/mol. The third kappa shape index (κ3) is 4.97. The molecule has 1 aromatic rings. The van der Waals surface area contributed by atoms with Gasteiger partial charge < -0.3 is 10.6 Å². The largest absolute Gasteiger partial charge is 0.325 e. The van der Waals surface area contributed by atoms with Crippen molar-refractivity contribution in [2.24, 2.45) is 0 Å². The zero-order chi connectivity index (χ0) is 12.7. The molecule has 1 rings (SSSR count). The van der Waals surface area contributed by atoms with Gasteiger partial charge in [0.2, 0.25) is 5.91 Å². The van der Waals surface area contributed by atoms with Crippen LogP contribution in [-0.2, 0) is 4.79 Å². The van der Waals surface area contributed by atoms with Gasteiger partial charge in [0.1, 0.15) is 0 Å². The lowest BCUT2D eigenvalue weighted by atomic mass is 10.2. The number of rotatable bonds is 6. The Balaban J connectivity index is 2.42. The molecule has 17 heavy (non-hydrogen) atoms. The van der Waals surface area contributed by atoms with E-state index in [0.29, 0.717) is 6.54 Å². The molecule has 0 aliphatic heterocycles. The minimum atomic E-state index is 0.0258. The molecule has 0 unspecified atom stereocenters. The quantitative estimate of drug-likeness (QED) is 0.775. The van der Waals surface area contributed by atoms with E-state index in [-0.39, 0.29) is 5.91 Å². The lowest BCUT2D eigenvalue weighted by Gasteiger charge is -2.16. The van der Waals surface area contributed by atoms with Crippen molar-refractivity contribution in [2.75, 3.05) is 39.0 Å². The fourth-order valence-electron chi connectivity index (χ4n) is 1.53. The van der Waals surface area contributed by atoms with E-state index in [4.69, 9.17) is 0 Å². The van der Waals surface area contributed by atoms with E-state index in [0.717, 1.165) is 24.3 Å². The summed E-state index contributed by atoms with van der Waals surface area (Å²) in [4.78, 5) is 13.8. The second kappa shape index (κ2) is 7.04. The van der Waals surface area contributed by atoms with Crippen molar-refractivity contribution in [3.8, 4) is 0 Å². The van der Waals surface area contributed by atoms with Gasteiger partial charge in [-0.25, -0.2) is 0 Å². The number of carbonyl (C=O) groups excluding carboxylic acids is 1. The van der Waals surface area contributed by atoms with Crippen molar-refractivity contribution in [1.82, 2.24) is 10.2 Å². The lowest BCUT2D eigenvalue weighted by molar-refractivity contribution is -0.117. The highest BCUT2D eigenvalue weighted by Gasteiger charge is 2.07. The van der Waals surface area contributed by atoms with Crippen LogP contribution < -0.4 is 10.6 Å². The molecule has 4 nitrogen and oxygen atoms in total. The molecular formula is C13H21N3O. The molecule has 0 bridgehead atoms. The monoisotopic (exact) mass is 235 g/mol. The number of benzene rings is 1. The topological polar surface area (TPSA) is 44.4 Å². The van der Waals surface area contributed by atoms with Gasteiger partial charge in [0.25, 0.3) is 0 Å². The molecule has 0 aromatic heterocycles. The number of nitrogens with zero attached hydrogens (tertiary/aromatic N) is 1. The SMILES string of the molecule is CNCCN(C)CC(=O)Nc1ccccc1C. The molecule has 0 fully saturated rings. The van der Waals surface area contributed by atoms with Gasteiger partial charge in [-0.3, -0.25) is 9.69 Å². The number of amides is 1. The van der Waals surface area contributed by atoms with E-state index < -0.39 is 0 Å². The van der Waals surface area contributed by atoms with Gasteiger partial charge in [-0.05, 0) is 32.6 Å². The van der Waals surface area contributed by atoms with E-state index in [1.165, 1.54) is 0 Å². The van der Waals surface area contributed by atoms with Crippen LogP contribution in [0.2, 0.25) is 0 Å². The van der Waals surface area contributed by atoms with Gasteiger partial charge in [-0.15, -0.1) is 0 Å². The molecule has 0 atom stereocenters. The Labute approximate surface area is 103 Å². The van der Waals surface area contributed by atoms with Gasteiger partial charge in [-0.1, -0.05) is 18.2 Å². The Bertz CT molecular complexity index is 365. The summed E-state index contributed by atoms with van der Waals surface area (Å²) < 4.78 is 0. The van der Waals surface area contributed by atoms with Crippen LogP contribution in [0.4, 0.5) is 5.69 Å². The molecule has 0 saturated carbocycles. The molecule has 2 N–H and O–H groups in total. The highest BCUT2D eigenvalue weighted by Crippen LogP contribution is 2.12. The number of likely N-dealkylation sites (N-methyl/N-ethyl adjacent to an activating group) is 2. The van der Waals surface area contributed by atoms with Crippen LogP contribution in [0.3, 0.4) is 0 Å². The van der Waals surface area contributed by atoms with Crippen molar-refractivity contribution in [1.29, 1.82) is 0 Å². The maximum atomic E-state index is 11.8. The highest BCUT2D eigenvalue weighted by atomic mass is 16.2. The van der Waals surface area contributed by atoms with Crippen LogP contribution >= 0.6 is 0 Å². The third-order valence-electron chi connectivity index (χ3n) is 2.58. The fraction of sp³-hybridized carbons (Fsp3) is 0.462. The van der Waals surface area contributed by atoms with E-state index in [1.54, 1.807) is 0 Å². The first kappa shape index (κ1) is 13.7. The molecule has 94 valence electrons. The van der Waals surface area contributed by atoms with Gasteiger partial charge in [0.05, 0.1) is 6.54 Å². The predicted octanol–water partition coefficient (Wildman–Crippen LogP) is 1.08. The van der Waals surface area contributed by atoms with Gasteiger partial charge in [0.15, 0.2) is 0 Å². The van der Waals surface area contributed by atoms with Crippen LogP contribution in [0.5, 0.6) is 0 Å². The number of nitrogens with one attached hydrogen (secondary N) is 2. The Morgan fingerprint density at radius 1 is 1.35 bits per heavy atom. The van der Waals surface area contributed by atoms with Crippen molar-refractivity contribution >= 4 is 11.6 Å². The maximum Gasteiger partial charge on any atom is 0.238 e. The Morgan fingerprint density at radius 3 is 2.71 bits per heavy atom. The van der Waals surface area contributed by atoms with Crippen molar-refractivity contribution in [3.05, 3.63) is 29.8 Å². The molecule has 0 radical (unpaired) electrons. The average molecular weight is 235 g/mol. The average Bonchev–Trinajstić information content (AvgIpc) is 2.29. The summed E-state index contributed by atoms with van der Waals surface area (Å²) in [5.41, 5.74) is 1.97. The van der Waals surface area contributed by atoms with Crippen molar-refractivity contribution in [2.45, 2.75) is 6.92 Å². The minimum Gasteiger partial charge on any atom is -0.325 e. The number of anilines is 1. The number of hydrogen-bond acceptors (Lipinski definition) is 3. The molecule has 0 aliphatic carbocycles. The van der Waals surface area contributed by atoms with Crippen molar-refractivity contribution in [3.63, 3.8) is 0 Å². The third-order valence-corrected chi connectivity index (χ3v) is 2.58. The lowest BCUT2D eigenvalue weighted by Crippen LogP contribution is -2.34. The first-order chi connectivity index (χ1) is 8.13. The second-order valence-corrected chi connectivity index (χ2v) is 4.20. The summed E-state index contributed by atoms with van der Waals surface area (Å²) in [6.45, 7) is 4.14. The molecule has 0 aliphatic rings. The molecule has 0 saturated heterocycles. The highest BCUT2D eigenvalue weighted by molar-refractivity contribution is 5.92. The smallest absolute Gasteiger partial charge is 0.238 e. The minimum absolute atomic E-state index is 0.0258. The van der Waals surface area contributed by atoms with E-state index in [1.807, 2.05) is 50.2 Å². The Kier molecular flexibility index (Phi) is 5.66. The van der Waals surface area contributed by atoms with E-state index >= 15 is 0 Å². The van der Waals surface area contributed by atoms with E-state index in [9.17, 15) is 4.79 Å². The van der Waals surface area contributed by atoms with Crippen LogP contribution in [0.25, 0.3) is 0 Å². The fourth-order valence-corrected chi connectivity index (χ4v) is 1.53. The van der Waals surface area contributed by atoms with Gasteiger partial charge in [0, 0.05) is 18.8 Å². The first-order valence-electron chi connectivity index (χ1n) is 5.82. The maximum absolute atomic E-state index is 11.8. The molecule has 0 spiro atoms.